The average Bonchev–Trinajstić information content (AvgIpc) is 2.34. The van der Waals surface area contributed by atoms with E-state index in [1.165, 1.54) is 19.2 Å². The largest absolute Gasteiger partial charge is 0.497 e. The summed E-state index contributed by atoms with van der Waals surface area (Å²) in [5, 5.41) is 9.28. The van der Waals surface area contributed by atoms with Crippen molar-refractivity contribution in [1.82, 2.24) is 4.72 Å². The van der Waals surface area contributed by atoms with Crippen LogP contribution in [0.15, 0.2) is 29.2 Å². The van der Waals surface area contributed by atoms with Crippen molar-refractivity contribution in [3.63, 3.8) is 0 Å². The maximum Gasteiger partial charge on any atom is 0.241 e. The third-order valence-corrected chi connectivity index (χ3v) is 4.93. The van der Waals surface area contributed by atoms with Crippen LogP contribution in [0.5, 0.6) is 5.75 Å². The van der Waals surface area contributed by atoms with Gasteiger partial charge in [-0.3, -0.25) is 0 Å². The number of benzene rings is 1. The number of aliphatic hydroxyl groups excluding tert-OH is 1. The van der Waals surface area contributed by atoms with E-state index < -0.39 is 15.6 Å². The van der Waals surface area contributed by atoms with Crippen LogP contribution in [0.1, 0.15) is 19.3 Å². The van der Waals surface area contributed by atoms with Gasteiger partial charge < -0.3 is 9.84 Å². The van der Waals surface area contributed by atoms with Crippen molar-refractivity contribution in [3.8, 4) is 5.75 Å². The fourth-order valence-electron chi connectivity index (χ4n) is 1.99. The molecule has 2 rings (SSSR count). The first-order valence-electron chi connectivity index (χ1n) is 5.80. The predicted octanol–water partition coefficient (Wildman–Crippen LogP) is 0.888. The Morgan fingerprint density at radius 3 is 2.33 bits per heavy atom. The van der Waals surface area contributed by atoms with E-state index in [2.05, 4.69) is 4.72 Å². The van der Waals surface area contributed by atoms with Gasteiger partial charge in [-0.2, -0.15) is 0 Å². The molecular formula is C12H17NO4S. The summed E-state index contributed by atoms with van der Waals surface area (Å²) in [6.07, 6.45) is 2.30. The molecule has 1 saturated carbocycles. The van der Waals surface area contributed by atoms with Gasteiger partial charge >= 0.3 is 0 Å². The van der Waals surface area contributed by atoms with Crippen LogP contribution in [-0.4, -0.2) is 32.8 Å². The van der Waals surface area contributed by atoms with Gasteiger partial charge in [-0.05, 0) is 43.5 Å². The van der Waals surface area contributed by atoms with Gasteiger partial charge in [0.2, 0.25) is 10.0 Å². The van der Waals surface area contributed by atoms with Crippen molar-refractivity contribution in [3.05, 3.63) is 24.3 Å². The number of nitrogens with one attached hydrogen (secondary N) is 1. The Kier molecular flexibility index (Phi) is 3.61. The summed E-state index contributed by atoms with van der Waals surface area (Å²) >= 11 is 0. The van der Waals surface area contributed by atoms with Crippen LogP contribution in [0.3, 0.4) is 0 Å². The van der Waals surface area contributed by atoms with Gasteiger partial charge in [0, 0.05) is 0 Å². The number of sulfonamides is 1. The third kappa shape index (κ3) is 2.50. The summed E-state index contributed by atoms with van der Waals surface area (Å²) in [7, 11) is -2.06. The molecule has 0 atom stereocenters. The number of aliphatic hydroxyl groups is 1. The highest BCUT2D eigenvalue weighted by molar-refractivity contribution is 7.89. The third-order valence-electron chi connectivity index (χ3n) is 3.33. The Morgan fingerprint density at radius 1 is 1.33 bits per heavy atom. The van der Waals surface area contributed by atoms with Crippen LogP contribution in [0.4, 0.5) is 0 Å². The smallest absolute Gasteiger partial charge is 0.241 e. The minimum atomic E-state index is -3.58. The zero-order valence-corrected chi connectivity index (χ0v) is 11.0. The topological polar surface area (TPSA) is 75.6 Å². The van der Waals surface area contributed by atoms with E-state index >= 15 is 0 Å². The Labute approximate surface area is 107 Å². The summed E-state index contributed by atoms with van der Waals surface area (Å²) in [6, 6.07) is 6.18. The molecular weight excluding hydrogens is 254 g/mol. The van der Waals surface area contributed by atoms with Crippen molar-refractivity contribution in [2.75, 3.05) is 13.7 Å². The summed E-state index contributed by atoms with van der Waals surface area (Å²) < 4.78 is 31.8. The van der Waals surface area contributed by atoms with E-state index in [4.69, 9.17) is 4.74 Å². The molecule has 18 heavy (non-hydrogen) atoms. The maximum atomic E-state index is 12.1. The van der Waals surface area contributed by atoms with Gasteiger partial charge in [0.15, 0.2) is 0 Å². The molecule has 0 aromatic heterocycles. The van der Waals surface area contributed by atoms with Crippen LogP contribution in [0.2, 0.25) is 0 Å². The van der Waals surface area contributed by atoms with E-state index in [0.29, 0.717) is 18.6 Å². The lowest BCUT2D eigenvalue weighted by molar-refractivity contribution is 0.110. The highest BCUT2D eigenvalue weighted by Gasteiger charge is 2.40. The Bertz CT molecular complexity index is 500. The van der Waals surface area contributed by atoms with E-state index in [0.717, 1.165) is 6.42 Å². The Hall–Kier alpha value is -1.11. The molecule has 0 spiro atoms. The Balaban J connectivity index is 2.19. The van der Waals surface area contributed by atoms with Gasteiger partial charge in [0.05, 0.1) is 24.2 Å². The average molecular weight is 271 g/mol. The van der Waals surface area contributed by atoms with Crippen LogP contribution < -0.4 is 9.46 Å². The molecule has 6 heteroatoms. The van der Waals surface area contributed by atoms with Crippen LogP contribution in [-0.2, 0) is 10.0 Å². The molecule has 1 aromatic carbocycles. The second-order valence-corrected chi connectivity index (χ2v) is 6.26. The zero-order chi connectivity index (χ0) is 13.2. The van der Waals surface area contributed by atoms with Crippen LogP contribution >= 0.6 is 0 Å². The summed E-state index contributed by atoms with van der Waals surface area (Å²) in [5.41, 5.74) is -0.668. The molecule has 1 aromatic rings. The zero-order valence-electron chi connectivity index (χ0n) is 10.2. The number of hydrogen-bond donors (Lipinski definition) is 2. The standard InChI is InChI=1S/C12H17NO4S/c1-17-10-3-5-11(6-4-10)18(15,16)13-12(9-14)7-2-8-12/h3-6,13-14H,2,7-9H2,1H3. The molecule has 1 aliphatic carbocycles. The lowest BCUT2D eigenvalue weighted by Crippen LogP contribution is -2.55. The van der Waals surface area contributed by atoms with Crippen molar-refractivity contribution >= 4 is 10.0 Å². The quantitative estimate of drug-likeness (QED) is 0.834. The molecule has 1 fully saturated rings. The lowest BCUT2D eigenvalue weighted by atomic mass is 9.78. The Morgan fingerprint density at radius 2 is 1.94 bits per heavy atom. The van der Waals surface area contributed by atoms with Gasteiger partial charge in [0.25, 0.3) is 0 Å². The monoisotopic (exact) mass is 271 g/mol. The van der Waals surface area contributed by atoms with E-state index in [1.54, 1.807) is 12.1 Å². The normalized spacial score (nSPS) is 18.1. The molecule has 0 radical (unpaired) electrons. The van der Waals surface area contributed by atoms with E-state index in [9.17, 15) is 13.5 Å². The van der Waals surface area contributed by atoms with Crippen molar-refractivity contribution in [2.45, 2.75) is 29.7 Å². The van der Waals surface area contributed by atoms with Gasteiger partial charge in [-0.25, -0.2) is 13.1 Å². The molecule has 5 nitrogen and oxygen atoms in total. The number of hydrogen-bond acceptors (Lipinski definition) is 4. The van der Waals surface area contributed by atoms with E-state index in [1.807, 2.05) is 0 Å². The van der Waals surface area contributed by atoms with Crippen molar-refractivity contribution < 1.29 is 18.3 Å². The summed E-state index contributed by atoms with van der Waals surface area (Å²) in [6.45, 7) is -0.164. The van der Waals surface area contributed by atoms with E-state index in [-0.39, 0.29) is 11.5 Å². The van der Waals surface area contributed by atoms with Gasteiger partial charge in [-0.1, -0.05) is 0 Å². The lowest BCUT2D eigenvalue weighted by Gasteiger charge is -2.40. The van der Waals surface area contributed by atoms with Gasteiger partial charge in [-0.15, -0.1) is 0 Å². The first-order valence-corrected chi connectivity index (χ1v) is 7.29. The predicted molar refractivity (Wildman–Crippen MR) is 67.0 cm³/mol. The highest BCUT2D eigenvalue weighted by Crippen LogP contribution is 2.33. The number of methoxy groups -OCH3 is 1. The number of ether oxygens (including phenoxy) is 1. The minimum absolute atomic E-state index is 0.164. The molecule has 0 amide bonds. The first kappa shape index (κ1) is 13.3. The molecule has 0 bridgehead atoms. The highest BCUT2D eigenvalue weighted by atomic mass is 32.2. The second kappa shape index (κ2) is 4.87. The minimum Gasteiger partial charge on any atom is -0.497 e. The number of rotatable bonds is 5. The SMILES string of the molecule is COc1ccc(S(=O)(=O)NC2(CO)CCC2)cc1. The van der Waals surface area contributed by atoms with Crippen molar-refractivity contribution in [2.24, 2.45) is 0 Å². The molecule has 0 saturated heterocycles. The fourth-order valence-corrected chi connectivity index (χ4v) is 3.45. The summed E-state index contributed by atoms with van der Waals surface area (Å²) in [5.74, 6) is 0.606. The fraction of sp³-hybridized carbons (Fsp3) is 0.500. The molecule has 0 aliphatic heterocycles. The summed E-state index contributed by atoms with van der Waals surface area (Å²) in [4.78, 5) is 0.183. The molecule has 2 N–H and O–H groups in total. The molecule has 1 aliphatic rings. The maximum absolute atomic E-state index is 12.1. The van der Waals surface area contributed by atoms with Crippen molar-refractivity contribution in [1.29, 1.82) is 0 Å². The molecule has 0 heterocycles. The van der Waals surface area contributed by atoms with Crippen LogP contribution in [0.25, 0.3) is 0 Å². The second-order valence-electron chi connectivity index (χ2n) is 4.57. The molecule has 0 unspecified atom stereocenters. The first-order chi connectivity index (χ1) is 8.51. The van der Waals surface area contributed by atoms with Gasteiger partial charge in [0.1, 0.15) is 5.75 Å². The molecule has 100 valence electrons. The van der Waals surface area contributed by atoms with Crippen LogP contribution in [0, 0.1) is 0 Å².